The molecule has 128 valence electrons. The second-order valence-electron chi connectivity index (χ2n) is 5.25. The van der Waals surface area contributed by atoms with Crippen molar-refractivity contribution in [3.63, 3.8) is 0 Å². The van der Waals surface area contributed by atoms with Gasteiger partial charge in [0.1, 0.15) is 11.6 Å². The molecule has 0 saturated heterocycles. The van der Waals surface area contributed by atoms with Gasteiger partial charge in [-0.2, -0.15) is 5.10 Å². The molecule has 0 spiro atoms. The highest BCUT2D eigenvalue weighted by molar-refractivity contribution is 6.31. The first-order chi connectivity index (χ1) is 11.3. The summed E-state index contributed by atoms with van der Waals surface area (Å²) in [7, 11) is 0. The smallest absolute Gasteiger partial charge is 0.224 e. The zero-order valence-electron chi connectivity index (χ0n) is 13.2. The van der Waals surface area contributed by atoms with E-state index in [1.54, 1.807) is 13.8 Å². The number of anilines is 1. The Bertz CT molecular complexity index is 749. The number of benzene rings is 1. The van der Waals surface area contributed by atoms with Gasteiger partial charge in [-0.15, -0.1) is 0 Å². The molecule has 24 heavy (non-hydrogen) atoms. The van der Waals surface area contributed by atoms with Crippen molar-refractivity contribution in [2.24, 2.45) is 0 Å². The maximum absolute atomic E-state index is 13.0. The molecule has 2 rings (SSSR count). The van der Waals surface area contributed by atoms with Crippen LogP contribution in [0.25, 0.3) is 0 Å². The predicted molar refractivity (Wildman–Crippen MR) is 87.0 cm³/mol. The molecule has 0 aliphatic heterocycles. The maximum atomic E-state index is 13.0. The van der Waals surface area contributed by atoms with E-state index in [0.29, 0.717) is 17.3 Å². The van der Waals surface area contributed by atoms with Gasteiger partial charge in [-0.25, -0.2) is 9.37 Å². The number of amides is 2. The van der Waals surface area contributed by atoms with Gasteiger partial charge in [-0.05, 0) is 32.0 Å². The second-order valence-corrected chi connectivity index (χ2v) is 5.65. The SMILES string of the molecule is Cc1nc(C(C)NC(=O)CCC(=O)Nc2ccc(F)c(Cl)c2)n[nH]1. The Kier molecular flexibility index (Phi) is 5.86. The molecule has 1 aromatic heterocycles. The highest BCUT2D eigenvalue weighted by Crippen LogP contribution is 2.19. The first kappa shape index (κ1) is 17.9. The van der Waals surface area contributed by atoms with Crippen LogP contribution < -0.4 is 10.6 Å². The zero-order chi connectivity index (χ0) is 17.7. The average Bonchev–Trinajstić information content (AvgIpc) is 2.96. The number of carbonyl (C=O) groups excluding carboxylic acids is 2. The summed E-state index contributed by atoms with van der Waals surface area (Å²) in [5.41, 5.74) is 0.372. The highest BCUT2D eigenvalue weighted by Gasteiger charge is 2.15. The number of nitrogens with one attached hydrogen (secondary N) is 3. The molecule has 1 heterocycles. The van der Waals surface area contributed by atoms with Gasteiger partial charge in [-0.3, -0.25) is 14.7 Å². The van der Waals surface area contributed by atoms with E-state index in [1.807, 2.05) is 0 Å². The fourth-order valence-electron chi connectivity index (χ4n) is 1.96. The van der Waals surface area contributed by atoms with Crippen LogP contribution in [0.2, 0.25) is 5.02 Å². The molecule has 0 radical (unpaired) electrons. The molecule has 0 saturated carbocycles. The lowest BCUT2D eigenvalue weighted by atomic mass is 10.2. The van der Waals surface area contributed by atoms with Crippen molar-refractivity contribution in [2.45, 2.75) is 32.7 Å². The van der Waals surface area contributed by atoms with E-state index in [9.17, 15) is 14.0 Å². The van der Waals surface area contributed by atoms with Crippen LogP contribution in [0.3, 0.4) is 0 Å². The van der Waals surface area contributed by atoms with Gasteiger partial charge in [0.05, 0.1) is 11.1 Å². The molecule has 1 unspecified atom stereocenters. The van der Waals surface area contributed by atoms with E-state index in [4.69, 9.17) is 11.6 Å². The van der Waals surface area contributed by atoms with E-state index in [2.05, 4.69) is 25.8 Å². The molecule has 2 aromatic rings. The standard InChI is InChI=1S/C15H17ClFN5O2/c1-8(15-19-9(2)21-22-15)18-13(23)5-6-14(24)20-10-3-4-12(17)11(16)7-10/h3-4,7-8H,5-6H2,1-2H3,(H,18,23)(H,20,24)(H,19,21,22). The Morgan fingerprint density at radius 1 is 1.33 bits per heavy atom. The van der Waals surface area contributed by atoms with Crippen molar-refractivity contribution in [2.75, 3.05) is 5.32 Å². The molecule has 0 bridgehead atoms. The summed E-state index contributed by atoms with van der Waals surface area (Å²) in [6.45, 7) is 3.51. The van der Waals surface area contributed by atoms with Gasteiger partial charge in [0, 0.05) is 18.5 Å². The lowest BCUT2D eigenvalue weighted by Crippen LogP contribution is -2.28. The minimum absolute atomic E-state index is 0.00844. The predicted octanol–water partition coefficient (Wildman–Crippen LogP) is 2.50. The largest absolute Gasteiger partial charge is 0.346 e. The van der Waals surface area contributed by atoms with Crippen molar-refractivity contribution >= 4 is 29.1 Å². The minimum atomic E-state index is -0.565. The number of aryl methyl sites for hydroxylation is 1. The van der Waals surface area contributed by atoms with Crippen molar-refractivity contribution < 1.29 is 14.0 Å². The molecule has 0 aliphatic carbocycles. The first-order valence-electron chi connectivity index (χ1n) is 7.28. The summed E-state index contributed by atoms with van der Waals surface area (Å²) in [6, 6.07) is 3.50. The monoisotopic (exact) mass is 353 g/mol. The number of H-pyrrole nitrogens is 1. The van der Waals surface area contributed by atoms with Crippen molar-refractivity contribution in [1.82, 2.24) is 20.5 Å². The minimum Gasteiger partial charge on any atom is -0.346 e. The molecular formula is C15H17ClFN5O2. The molecule has 0 aliphatic rings. The molecule has 9 heteroatoms. The van der Waals surface area contributed by atoms with Crippen LogP contribution >= 0.6 is 11.6 Å². The summed E-state index contributed by atoms with van der Waals surface area (Å²) in [6.07, 6.45) is -0.00489. The van der Waals surface area contributed by atoms with E-state index in [1.165, 1.54) is 12.1 Å². The van der Waals surface area contributed by atoms with Crippen LogP contribution in [0.15, 0.2) is 18.2 Å². The van der Waals surface area contributed by atoms with Crippen LogP contribution in [0.1, 0.15) is 37.5 Å². The number of aromatic amines is 1. The Hall–Kier alpha value is -2.48. The van der Waals surface area contributed by atoms with Gasteiger partial charge in [-0.1, -0.05) is 11.6 Å². The van der Waals surface area contributed by atoms with Gasteiger partial charge >= 0.3 is 0 Å². The number of rotatable bonds is 6. The molecule has 7 nitrogen and oxygen atoms in total. The summed E-state index contributed by atoms with van der Waals surface area (Å²) in [5.74, 6) is -0.0913. The van der Waals surface area contributed by atoms with E-state index < -0.39 is 5.82 Å². The number of halogens is 2. The fraction of sp³-hybridized carbons (Fsp3) is 0.333. The average molecular weight is 354 g/mol. The van der Waals surface area contributed by atoms with Crippen molar-refractivity contribution in [3.05, 3.63) is 40.7 Å². The summed E-state index contributed by atoms with van der Waals surface area (Å²) in [4.78, 5) is 27.8. The normalized spacial score (nSPS) is 11.8. The summed E-state index contributed by atoms with van der Waals surface area (Å²) in [5, 5.41) is 11.8. The van der Waals surface area contributed by atoms with Crippen LogP contribution in [0.4, 0.5) is 10.1 Å². The number of hydrogen-bond donors (Lipinski definition) is 3. The lowest BCUT2D eigenvalue weighted by Gasteiger charge is -2.10. The Morgan fingerprint density at radius 2 is 2.04 bits per heavy atom. The molecule has 1 atom stereocenters. The third-order valence-corrected chi connectivity index (χ3v) is 3.45. The number of carbonyl (C=O) groups is 2. The molecular weight excluding hydrogens is 337 g/mol. The van der Waals surface area contributed by atoms with Crippen LogP contribution in [0.5, 0.6) is 0 Å². The van der Waals surface area contributed by atoms with E-state index >= 15 is 0 Å². The molecule has 1 aromatic carbocycles. The van der Waals surface area contributed by atoms with Gasteiger partial charge in [0.15, 0.2) is 5.82 Å². The van der Waals surface area contributed by atoms with Gasteiger partial charge in [0.2, 0.25) is 11.8 Å². The summed E-state index contributed by atoms with van der Waals surface area (Å²) < 4.78 is 13.0. The highest BCUT2D eigenvalue weighted by atomic mass is 35.5. The number of aromatic nitrogens is 3. The Balaban J connectivity index is 1.78. The molecule has 3 N–H and O–H groups in total. The molecule has 0 fully saturated rings. The molecule has 2 amide bonds. The fourth-order valence-corrected chi connectivity index (χ4v) is 2.14. The van der Waals surface area contributed by atoms with E-state index in [-0.39, 0.29) is 35.7 Å². The van der Waals surface area contributed by atoms with Gasteiger partial charge < -0.3 is 10.6 Å². The Morgan fingerprint density at radius 3 is 2.67 bits per heavy atom. The van der Waals surface area contributed by atoms with E-state index in [0.717, 1.165) is 6.07 Å². The lowest BCUT2D eigenvalue weighted by molar-refractivity contribution is -0.124. The topological polar surface area (TPSA) is 99.8 Å². The van der Waals surface area contributed by atoms with Crippen LogP contribution in [-0.2, 0) is 9.59 Å². The van der Waals surface area contributed by atoms with Crippen molar-refractivity contribution in [1.29, 1.82) is 0 Å². The summed E-state index contributed by atoms with van der Waals surface area (Å²) >= 11 is 5.64. The second kappa shape index (κ2) is 7.87. The maximum Gasteiger partial charge on any atom is 0.224 e. The third kappa shape index (κ3) is 5.02. The van der Waals surface area contributed by atoms with Crippen LogP contribution in [-0.4, -0.2) is 27.0 Å². The van der Waals surface area contributed by atoms with Crippen LogP contribution in [0, 0.1) is 12.7 Å². The number of hydrogen-bond acceptors (Lipinski definition) is 4. The third-order valence-electron chi connectivity index (χ3n) is 3.16. The van der Waals surface area contributed by atoms with Gasteiger partial charge in [0.25, 0.3) is 0 Å². The quantitative estimate of drug-likeness (QED) is 0.742. The zero-order valence-corrected chi connectivity index (χ0v) is 13.9. The first-order valence-corrected chi connectivity index (χ1v) is 7.66. The van der Waals surface area contributed by atoms with Crippen molar-refractivity contribution in [3.8, 4) is 0 Å². The Labute approximate surface area is 143 Å². The number of nitrogens with zero attached hydrogens (tertiary/aromatic N) is 2.